The van der Waals surface area contributed by atoms with Gasteiger partial charge in [0.1, 0.15) is 35.7 Å². The van der Waals surface area contributed by atoms with Gasteiger partial charge in [0.15, 0.2) is 0 Å². The number of aryl methyl sites for hydroxylation is 1. The molecule has 1 saturated heterocycles. The molecule has 346 valence electrons. The number of hydrogen-bond donors (Lipinski definition) is 6. The van der Waals surface area contributed by atoms with E-state index in [1.165, 1.54) is 23.1 Å². The topological polar surface area (TPSA) is 222 Å². The van der Waals surface area contributed by atoms with E-state index in [2.05, 4.69) is 41.3 Å². The van der Waals surface area contributed by atoms with E-state index in [0.717, 1.165) is 22.4 Å². The molecule has 66 heavy (non-hydrogen) atoms. The van der Waals surface area contributed by atoms with Gasteiger partial charge in [0.2, 0.25) is 33.7 Å². The van der Waals surface area contributed by atoms with Gasteiger partial charge in [-0.3, -0.25) is 19.7 Å². The summed E-state index contributed by atoms with van der Waals surface area (Å²) >= 11 is 0. The summed E-state index contributed by atoms with van der Waals surface area (Å²) in [4.78, 5) is 60.0. The van der Waals surface area contributed by atoms with Crippen LogP contribution in [0.1, 0.15) is 67.9 Å². The molecule has 6 N–H and O–H groups in total. The molecule has 0 radical (unpaired) electrons. The molecule has 1 atom stereocenters. The fourth-order valence-electron chi connectivity index (χ4n) is 7.23. The van der Waals surface area contributed by atoms with Crippen LogP contribution in [-0.4, -0.2) is 65.7 Å². The number of hydrogen-bond acceptors (Lipinski definition) is 12. The maximum Gasteiger partial charge on any atom is 0.315 e. The highest BCUT2D eigenvalue weighted by Gasteiger charge is 2.38. The van der Waals surface area contributed by atoms with Crippen molar-refractivity contribution in [2.45, 2.75) is 83.6 Å². The molecule has 5 amide bonds. The number of imide groups is 1. The van der Waals surface area contributed by atoms with Crippen molar-refractivity contribution in [3.63, 3.8) is 0 Å². The van der Waals surface area contributed by atoms with Crippen LogP contribution in [-0.2, 0) is 50.6 Å². The van der Waals surface area contributed by atoms with E-state index in [-0.39, 0.29) is 43.5 Å². The molecule has 5 aromatic rings. The number of urea groups is 1. The highest BCUT2D eigenvalue weighted by atomic mass is 32.2. The van der Waals surface area contributed by atoms with E-state index in [4.69, 9.17) is 9.47 Å². The van der Waals surface area contributed by atoms with Gasteiger partial charge < -0.3 is 35.6 Å². The number of nitrogens with one attached hydrogen (secondary N) is 6. The van der Waals surface area contributed by atoms with Crippen LogP contribution in [0.2, 0.25) is 0 Å². The number of benzene rings is 4. The number of piperidine rings is 1. The Bertz CT molecular complexity index is 2710. The van der Waals surface area contributed by atoms with Crippen molar-refractivity contribution in [2.24, 2.45) is 5.92 Å². The smallest absolute Gasteiger partial charge is 0.315 e. The molecule has 2 aliphatic heterocycles. The fraction of sp³-hybridized carbons (Fsp3) is 0.319. The Balaban J connectivity index is 0.797. The minimum atomic E-state index is -3.72. The number of fused-ring (bicyclic) bond motifs is 1. The Morgan fingerprint density at radius 2 is 1.67 bits per heavy atom. The molecule has 1 aromatic heterocycles. The molecule has 7 rings (SSSR count). The number of ether oxygens (including phenoxy) is 2. The third-order valence-electron chi connectivity index (χ3n) is 10.5. The second-order valence-corrected chi connectivity index (χ2v) is 18.7. The van der Waals surface area contributed by atoms with Gasteiger partial charge in [-0.2, -0.15) is 4.98 Å². The Morgan fingerprint density at radius 3 is 2.41 bits per heavy atom. The predicted molar refractivity (Wildman–Crippen MR) is 244 cm³/mol. The maximum atomic E-state index is 14.6. The lowest BCUT2D eigenvalue weighted by Crippen LogP contribution is -2.47. The lowest BCUT2D eigenvalue weighted by atomic mass is 9.97. The molecule has 0 aliphatic carbocycles. The van der Waals surface area contributed by atoms with Crippen LogP contribution in [0.3, 0.4) is 0 Å². The van der Waals surface area contributed by atoms with Crippen LogP contribution < -0.4 is 40.8 Å². The summed E-state index contributed by atoms with van der Waals surface area (Å²) in [6.45, 7) is 8.70. The average Bonchev–Trinajstić information content (AvgIpc) is 3.70. The molecule has 4 aromatic carbocycles. The summed E-state index contributed by atoms with van der Waals surface area (Å²) in [7, 11) is -3.72. The summed E-state index contributed by atoms with van der Waals surface area (Å²) < 4.78 is 54.8. The van der Waals surface area contributed by atoms with E-state index < -0.39 is 45.0 Å². The highest BCUT2D eigenvalue weighted by molar-refractivity contribution is 7.89. The molecule has 1 fully saturated rings. The van der Waals surface area contributed by atoms with Crippen LogP contribution in [0.25, 0.3) is 0 Å². The highest BCUT2D eigenvalue weighted by Crippen LogP contribution is 2.34. The van der Waals surface area contributed by atoms with Gasteiger partial charge in [-0.05, 0) is 106 Å². The minimum absolute atomic E-state index is 0.0917. The number of nitrogens with zero attached hydrogens (tertiary/aromatic N) is 3. The number of sulfonamides is 1. The van der Waals surface area contributed by atoms with E-state index in [1.54, 1.807) is 45.2 Å². The Morgan fingerprint density at radius 1 is 0.909 bits per heavy atom. The van der Waals surface area contributed by atoms with Crippen molar-refractivity contribution in [3.8, 4) is 11.5 Å². The van der Waals surface area contributed by atoms with Gasteiger partial charge in [0, 0.05) is 66.4 Å². The Hall–Kier alpha value is -7.12. The van der Waals surface area contributed by atoms with Crippen molar-refractivity contribution >= 4 is 56.9 Å². The van der Waals surface area contributed by atoms with Crippen molar-refractivity contribution in [1.29, 1.82) is 0 Å². The van der Waals surface area contributed by atoms with E-state index in [0.29, 0.717) is 66.2 Å². The van der Waals surface area contributed by atoms with Crippen LogP contribution in [0.15, 0.2) is 96.0 Å². The van der Waals surface area contributed by atoms with Gasteiger partial charge in [-0.1, -0.05) is 30.3 Å². The fourth-order valence-corrected chi connectivity index (χ4v) is 8.69. The van der Waals surface area contributed by atoms with Crippen LogP contribution in [0, 0.1) is 18.7 Å². The predicted octanol–water partition coefficient (Wildman–Crippen LogP) is 6.23. The molecule has 2 aliphatic rings. The summed E-state index contributed by atoms with van der Waals surface area (Å²) in [5.41, 5.74) is 4.37. The quantitative estimate of drug-likeness (QED) is 0.0347. The van der Waals surface area contributed by atoms with Gasteiger partial charge in [0.25, 0.3) is 0 Å². The summed E-state index contributed by atoms with van der Waals surface area (Å²) in [5, 5.41) is 14.3. The normalized spacial score (nSPS) is 14.8. The van der Waals surface area contributed by atoms with Crippen LogP contribution in [0.4, 0.5) is 32.3 Å². The summed E-state index contributed by atoms with van der Waals surface area (Å²) in [6.07, 6.45) is 2.47. The number of amides is 5. The summed E-state index contributed by atoms with van der Waals surface area (Å²) in [5.74, 6) is -1.06. The molecule has 0 saturated carbocycles. The van der Waals surface area contributed by atoms with Crippen molar-refractivity contribution in [2.75, 3.05) is 23.8 Å². The first kappa shape index (κ1) is 46.9. The first-order valence-electron chi connectivity index (χ1n) is 21.4. The standard InChI is InChI=1S/C47H52FN9O8S/c1-29-24-50-45(55-42(29)52-35-7-5-8-37(23-35)66(62,63)56-47(2,3)4)53-34-13-15-36(16-14-34)64-20-6-19-49-46(61)51-25-30-9-11-31(12-10-30)28-65-40-22-33(48)21-32-26-57(27-39(32)40)44(60)38-17-18-41(58)54-43(38)59/h5,7-16,21-24,38,56H,6,17-20,25-28H2,1-4H3,(H2,49,51,61)(H,54,58,59)(H2,50,52,53,55)/t38-/m0/s1. The lowest BCUT2D eigenvalue weighted by molar-refractivity contribution is -0.146. The zero-order chi connectivity index (χ0) is 47.0. The van der Waals surface area contributed by atoms with Gasteiger partial charge >= 0.3 is 6.03 Å². The van der Waals surface area contributed by atoms with E-state index in [1.807, 2.05) is 55.5 Å². The average molecular weight is 922 g/mol. The zero-order valence-electron chi connectivity index (χ0n) is 37.0. The lowest BCUT2D eigenvalue weighted by Gasteiger charge is -2.25. The van der Waals surface area contributed by atoms with Crippen molar-refractivity contribution in [1.82, 2.24) is 35.5 Å². The molecule has 0 bridgehead atoms. The second kappa shape index (κ2) is 20.4. The molecular weight excluding hydrogens is 870 g/mol. The van der Waals surface area contributed by atoms with E-state index in [9.17, 15) is 32.0 Å². The van der Waals surface area contributed by atoms with Crippen LogP contribution >= 0.6 is 0 Å². The number of halogens is 1. The molecule has 0 unspecified atom stereocenters. The molecule has 17 nitrogen and oxygen atoms in total. The SMILES string of the molecule is Cc1cnc(Nc2ccc(OCCCNC(=O)NCc3ccc(COc4cc(F)cc5c4CN(C(=O)[C@H]4CCC(=O)NC4=O)C5)cc3)cc2)nc1Nc1cccc(S(=O)(=O)NC(C)(C)C)c1. The summed E-state index contributed by atoms with van der Waals surface area (Å²) in [6, 6.07) is 23.5. The third-order valence-corrected chi connectivity index (χ3v) is 12.3. The molecule has 19 heteroatoms. The van der Waals surface area contributed by atoms with Gasteiger partial charge in [-0.25, -0.2) is 27.3 Å². The second-order valence-electron chi connectivity index (χ2n) is 17.0. The number of aromatic nitrogens is 2. The zero-order valence-corrected chi connectivity index (χ0v) is 37.8. The number of anilines is 4. The van der Waals surface area contributed by atoms with Gasteiger partial charge in [-0.15, -0.1) is 0 Å². The molecule has 0 spiro atoms. The molecular formula is C47H52FN9O8S. The largest absolute Gasteiger partial charge is 0.494 e. The number of carbonyl (C=O) groups is 4. The first-order valence-corrected chi connectivity index (χ1v) is 22.9. The number of carbonyl (C=O) groups excluding carboxylic acids is 4. The Kier molecular flexibility index (Phi) is 14.5. The maximum absolute atomic E-state index is 14.6. The van der Waals surface area contributed by atoms with Gasteiger partial charge in [0.05, 0.1) is 18.0 Å². The third kappa shape index (κ3) is 12.6. The van der Waals surface area contributed by atoms with Crippen LogP contribution in [0.5, 0.6) is 11.5 Å². The first-order chi connectivity index (χ1) is 31.5. The Labute approximate surface area is 382 Å². The van der Waals surface area contributed by atoms with E-state index >= 15 is 0 Å². The molecule has 3 heterocycles. The minimum Gasteiger partial charge on any atom is -0.494 e. The monoisotopic (exact) mass is 921 g/mol. The van der Waals surface area contributed by atoms with Crippen molar-refractivity contribution in [3.05, 3.63) is 125 Å². The van der Waals surface area contributed by atoms with Crippen molar-refractivity contribution < 1.29 is 41.5 Å². The number of rotatable bonds is 17.